The van der Waals surface area contributed by atoms with E-state index in [0.717, 1.165) is 0 Å². The Morgan fingerprint density at radius 2 is 2.00 bits per heavy atom. The van der Waals surface area contributed by atoms with Crippen molar-refractivity contribution in [1.29, 1.82) is 0 Å². The van der Waals surface area contributed by atoms with Crippen LogP contribution in [0.3, 0.4) is 0 Å². The lowest BCUT2D eigenvalue weighted by Gasteiger charge is -2.39. The highest BCUT2D eigenvalue weighted by Crippen LogP contribution is 2.25. The fourth-order valence-corrected chi connectivity index (χ4v) is 3.16. The van der Waals surface area contributed by atoms with Gasteiger partial charge >= 0.3 is 6.18 Å². The molecule has 12 heteroatoms. The third-order valence-electron chi connectivity index (χ3n) is 4.92. The lowest BCUT2D eigenvalue weighted by Crippen LogP contribution is -2.56. The molecule has 0 amide bonds. The van der Waals surface area contributed by atoms with Gasteiger partial charge in [0.1, 0.15) is 11.7 Å². The molecule has 1 fully saturated rings. The normalized spacial score (nSPS) is 16.7. The zero-order chi connectivity index (χ0) is 21.6. The van der Waals surface area contributed by atoms with Crippen molar-refractivity contribution >= 4 is 29.9 Å². The van der Waals surface area contributed by atoms with Crippen molar-refractivity contribution in [3.8, 4) is 11.6 Å². The summed E-state index contributed by atoms with van der Waals surface area (Å²) in [4.78, 5) is 16.5. The van der Waals surface area contributed by atoms with Crippen molar-refractivity contribution in [2.45, 2.75) is 32.5 Å². The van der Waals surface area contributed by atoms with Gasteiger partial charge < -0.3 is 14.7 Å². The van der Waals surface area contributed by atoms with Crippen LogP contribution in [0.25, 0.3) is 11.6 Å². The number of nitrogens with zero attached hydrogens (tertiary/aromatic N) is 6. The molecule has 1 atom stereocenters. The molecule has 1 unspecified atom stereocenters. The Kier molecular flexibility index (Phi) is 9.47. The van der Waals surface area contributed by atoms with Crippen molar-refractivity contribution in [3.63, 3.8) is 0 Å². The number of piperazine rings is 1. The summed E-state index contributed by atoms with van der Waals surface area (Å²) < 4.78 is 44.0. The van der Waals surface area contributed by atoms with Crippen LogP contribution in [0.15, 0.2) is 33.9 Å². The molecule has 1 N–H and O–H groups in total. The zero-order valence-corrected chi connectivity index (χ0v) is 19.8. The van der Waals surface area contributed by atoms with E-state index in [2.05, 4.69) is 25.4 Å². The van der Waals surface area contributed by atoms with E-state index >= 15 is 0 Å². The summed E-state index contributed by atoms with van der Waals surface area (Å²) in [7, 11) is 0. The minimum Gasteiger partial charge on any atom is -0.357 e. The average molecular weight is 553 g/mol. The molecule has 31 heavy (non-hydrogen) atoms. The van der Waals surface area contributed by atoms with Gasteiger partial charge in [-0.2, -0.15) is 18.2 Å². The third kappa shape index (κ3) is 7.02. The molecule has 2 aromatic rings. The number of nitrogens with one attached hydrogen (secondary N) is 1. The maximum atomic E-state index is 12.9. The summed E-state index contributed by atoms with van der Waals surface area (Å²) in [5, 5.41) is 7.16. The second-order valence-electron chi connectivity index (χ2n) is 6.96. The van der Waals surface area contributed by atoms with Crippen molar-refractivity contribution < 1.29 is 17.7 Å². The predicted octanol–water partition coefficient (Wildman–Crippen LogP) is 2.83. The van der Waals surface area contributed by atoms with Crippen LogP contribution >= 0.6 is 24.0 Å². The van der Waals surface area contributed by atoms with Gasteiger partial charge in [0.2, 0.25) is 0 Å². The molecule has 3 heterocycles. The van der Waals surface area contributed by atoms with Crippen LogP contribution in [-0.2, 0) is 6.42 Å². The second kappa shape index (κ2) is 11.6. The van der Waals surface area contributed by atoms with Gasteiger partial charge in [-0.25, -0.2) is 0 Å². The highest BCUT2D eigenvalue weighted by molar-refractivity contribution is 14.0. The van der Waals surface area contributed by atoms with Gasteiger partial charge in [0.05, 0.1) is 0 Å². The highest BCUT2D eigenvalue weighted by Gasteiger charge is 2.41. The first-order chi connectivity index (χ1) is 14.4. The number of aromatic nitrogens is 3. The van der Waals surface area contributed by atoms with Crippen molar-refractivity contribution in [2.24, 2.45) is 4.99 Å². The summed E-state index contributed by atoms with van der Waals surface area (Å²) in [5.74, 6) is 1.57. The van der Waals surface area contributed by atoms with Gasteiger partial charge in [0.15, 0.2) is 11.8 Å². The molecular weight excluding hydrogens is 526 g/mol. The second-order valence-corrected chi connectivity index (χ2v) is 6.96. The topological polar surface area (TPSA) is 82.7 Å². The van der Waals surface area contributed by atoms with E-state index in [9.17, 15) is 13.2 Å². The Labute approximate surface area is 196 Å². The van der Waals surface area contributed by atoms with E-state index in [-0.39, 0.29) is 24.0 Å². The van der Waals surface area contributed by atoms with Crippen molar-refractivity contribution in [2.75, 3.05) is 39.3 Å². The van der Waals surface area contributed by atoms with Crippen LogP contribution in [0.5, 0.6) is 0 Å². The molecular formula is C19H27F3IN7O. The molecule has 0 bridgehead atoms. The van der Waals surface area contributed by atoms with Crippen LogP contribution in [0.1, 0.15) is 19.7 Å². The molecule has 0 radical (unpaired) electrons. The first kappa shape index (κ1) is 25.3. The van der Waals surface area contributed by atoms with Gasteiger partial charge in [-0.1, -0.05) is 11.2 Å². The van der Waals surface area contributed by atoms with Crippen LogP contribution in [-0.4, -0.2) is 82.4 Å². The molecule has 1 saturated heterocycles. The lowest BCUT2D eigenvalue weighted by atomic mass is 10.2. The average Bonchev–Trinajstić information content (AvgIpc) is 3.22. The van der Waals surface area contributed by atoms with Crippen LogP contribution < -0.4 is 5.32 Å². The maximum Gasteiger partial charge on any atom is 0.403 e. The Balaban J connectivity index is 0.00000341. The monoisotopic (exact) mass is 553 g/mol. The molecule has 1 aliphatic heterocycles. The molecule has 1 aliphatic rings. The van der Waals surface area contributed by atoms with E-state index in [1.165, 1.54) is 11.8 Å². The first-order valence-electron chi connectivity index (χ1n) is 9.96. The molecule has 3 rings (SSSR count). The van der Waals surface area contributed by atoms with Crippen molar-refractivity contribution in [1.82, 2.24) is 30.2 Å². The Morgan fingerprint density at radius 3 is 2.61 bits per heavy atom. The van der Waals surface area contributed by atoms with Crippen LogP contribution in [0.4, 0.5) is 13.2 Å². The molecule has 0 saturated carbocycles. The number of alkyl halides is 3. The van der Waals surface area contributed by atoms with Gasteiger partial charge in [-0.05, 0) is 26.0 Å². The molecule has 8 nitrogen and oxygen atoms in total. The zero-order valence-electron chi connectivity index (χ0n) is 17.5. The van der Waals surface area contributed by atoms with Gasteiger partial charge in [0.25, 0.3) is 5.89 Å². The molecule has 2 aromatic heterocycles. The number of hydrogen-bond donors (Lipinski definition) is 1. The summed E-state index contributed by atoms with van der Waals surface area (Å²) in [6.07, 6.45) is -2.07. The standard InChI is InChI=1S/C19H26F3N7O.HI/c1-3-23-18(29-12-10-28(11-13-29)14(2)19(20,21)22)25-9-7-16-26-17(30-27-16)15-6-4-5-8-24-15;/h4-6,8,14H,3,7,9-13H2,1-2H3,(H,23,25);1H. The fourth-order valence-electron chi connectivity index (χ4n) is 3.16. The highest BCUT2D eigenvalue weighted by atomic mass is 127. The lowest BCUT2D eigenvalue weighted by molar-refractivity contribution is -0.181. The van der Waals surface area contributed by atoms with E-state index in [1.54, 1.807) is 18.3 Å². The van der Waals surface area contributed by atoms with Crippen LogP contribution in [0, 0.1) is 0 Å². The van der Waals surface area contributed by atoms with E-state index in [1.807, 2.05) is 17.9 Å². The van der Waals surface area contributed by atoms with Gasteiger partial charge in [-0.3, -0.25) is 14.9 Å². The molecule has 172 valence electrons. The van der Waals surface area contributed by atoms with Gasteiger partial charge in [0, 0.05) is 51.9 Å². The molecule has 0 aromatic carbocycles. The van der Waals surface area contributed by atoms with E-state index in [0.29, 0.717) is 69.1 Å². The number of hydrogen-bond acceptors (Lipinski definition) is 6. The van der Waals surface area contributed by atoms with Crippen LogP contribution in [0.2, 0.25) is 0 Å². The Morgan fingerprint density at radius 1 is 1.26 bits per heavy atom. The van der Waals surface area contributed by atoms with E-state index in [4.69, 9.17) is 4.52 Å². The molecule has 0 aliphatic carbocycles. The Hall–Kier alpha value is -1.96. The largest absolute Gasteiger partial charge is 0.403 e. The SMILES string of the molecule is CCNC(=NCCc1noc(-c2ccccn2)n1)N1CCN(C(C)C(F)(F)F)CC1.I. The number of guanidine groups is 1. The van der Waals surface area contributed by atoms with Gasteiger partial charge in [-0.15, -0.1) is 24.0 Å². The smallest absolute Gasteiger partial charge is 0.357 e. The first-order valence-corrected chi connectivity index (χ1v) is 9.96. The fraction of sp³-hybridized carbons (Fsp3) is 0.579. The summed E-state index contributed by atoms with van der Waals surface area (Å²) in [5.41, 5.74) is 0.610. The number of rotatable bonds is 6. The Bertz CT molecular complexity index is 823. The van der Waals surface area contributed by atoms with E-state index < -0.39 is 12.2 Å². The minimum atomic E-state index is -4.21. The number of aliphatic imine (C=N–C) groups is 1. The van der Waals surface area contributed by atoms with Crippen molar-refractivity contribution in [3.05, 3.63) is 30.2 Å². The summed E-state index contributed by atoms with van der Waals surface area (Å²) in [6, 6.07) is 4.00. The quantitative estimate of drug-likeness (QED) is 0.335. The summed E-state index contributed by atoms with van der Waals surface area (Å²) >= 11 is 0. The number of halogens is 4. The third-order valence-corrected chi connectivity index (χ3v) is 4.92. The minimum absolute atomic E-state index is 0. The summed E-state index contributed by atoms with van der Waals surface area (Å²) in [6.45, 7) is 5.91. The number of pyridine rings is 1. The maximum absolute atomic E-state index is 12.9. The molecule has 0 spiro atoms. The predicted molar refractivity (Wildman–Crippen MR) is 121 cm³/mol.